The van der Waals surface area contributed by atoms with Gasteiger partial charge in [0.25, 0.3) is 0 Å². The lowest BCUT2D eigenvalue weighted by Gasteiger charge is -2.31. The van der Waals surface area contributed by atoms with Gasteiger partial charge >= 0.3 is 0 Å². The first kappa shape index (κ1) is 20.6. The predicted molar refractivity (Wildman–Crippen MR) is 120 cm³/mol. The van der Waals surface area contributed by atoms with E-state index in [0.29, 0.717) is 11.7 Å². The average molecular weight is 433 g/mol. The number of amides is 1. The lowest BCUT2D eigenvalue weighted by atomic mass is 9.96. The molecule has 1 atom stereocenters. The number of likely N-dealkylation sites (tertiary alicyclic amines) is 1. The molecule has 0 radical (unpaired) electrons. The van der Waals surface area contributed by atoms with Crippen LogP contribution in [0.5, 0.6) is 0 Å². The minimum Gasteiger partial charge on any atom is -0.369 e. The van der Waals surface area contributed by atoms with Gasteiger partial charge in [-0.1, -0.05) is 35.5 Å². The molecule has 8 heteroatoms. The Morgan fingerprint density at radius 3 is 2.69 bits per heavy atom. The minimum absolute atomic E-state index is 0.0422. The molecule has 0 unspecified atom stereocenters. The van der Waals surface area contributed by atoms with E-state index >= 15 is 0 Å². The van der Waals surface area contributed by atoms with Crippen molar-refractivity contribution in [3.8, 4) is 11.4 Å². The number of rotatable bonds is 6. The van der Waals surface area contributed by atoms with Crippen LogP contribution < -0.4 is 10.6 Å². The van der Waals surface area contributed by atoms with Crippen LogP contribution in [-0.4, -0.2) is 45.6 Å². The van der Waals surface area contributed by atoms with Gasteiger partial charge in [-0.15, -0.1) is 0 Å². The Kier molecular flexibility index (Phi) is 5.85. The fraction of sp³-hybridized carbons (Fsp3) is 0.417. The SMILES string of the molecule is NC(=O)C1CCN(c2cc(-c3noc([C@@H]4CCCN4Cc4ccccc4)n3)ccn2)CC1. The van der Waals surface area contributed by atoms with Gasteiger partial charge in [0.1, 0.15) is 5.82 Å². The summed E-state index contributed by atoms with van der Waals surface area (Å²) in [7, 11) is 0. The Morgan fingerprint density at radius 1 is 1.09 bits per heavy atom. The summed E-state index contributed by atoms with van der Waals surface area (Å²) in [5, 5.41) is 4.27. The molecule has 166 valence electrons. The van der Waals surface area contributed by atoms with E-state index in [2.05, 4.69) is 44.2 Å². The van der Waals surface area contributed by atoms with Crippen LogP contribution in [0, 0.1) is 5.92 Å². The quantitative estimate of drug-likeness (QED) is 0.638. The van der Waals surface area contributed by atoms with Crippen molar-refractivity contribution in [3.05, 3.63) is 60.1 Å². The molecule has 1 amide bonds. The fourth-order valence-corrected chi connectivity index (χ4v) is 4.72. The molecule has 2 fully saturated rings. The summed E-state index contributed by atoms with van der Waals surface area (Å²) in [6.07, 6.45) is 5.43. The maximum atomic E-state index is 11.4. The largest absolute Gasteiger partial charge is 0.369 e. The van der Waals surface area contributed by atoms with Crippen LogP contribution in [0.25, 0.3) is 11.4 Å². The van der Waals surface area contributed by atoms with Crippen molar-refractivity contribution in [2.75, 3.05) is 24.5 Å². The molecule has 2 aliphatic rings. The minimum atomic E-state index is -0.209. The van der Waals surface area contributed by atoms with Gasteiger partial charge < -0.3 is 15.2 Å². The molecule has 0 aliphatic carbocycles. The Balaban J connectivity index is 1.29. The smallest absolute Gasteiger partial charge is 0.244 e. The van der Waals surface area contributed by atoms with Crippen LogP contribution in [-0.2, 0) is 11.3 Å². The van der Waals surface area contributed by atoms with Crippen LogP contribution in [0.1, 0.15) is 43.2 Å². The molecule has 0 spiro atoms. The van der Waals surface area contributed by atoms with Crippen LogP contribution in [0.2, 0.25) is 0 Å². The van der Waals surface area contributed by atoms with E-state index in [1.807, 2.05) is 18.2 Å². The predicted octanol–water partition coefficient (Wildman–Crippen LogP) is 3.17. The molecule has 4 heterocycles. The molecule has 2 aliphatic heterocycles. The molecule has 3 aromatic rings. The van der Waals surface area contributed by atoms with E-state index in [1.165, 1.54) is 5.56 Å². The van der Waals surface area contributed by atoms with Gasteiger partial charge in [-0.05, 0) is 49.9 Å². The lowest BCUT2D eigenvalue weighted by molar-refractivity contribution is -0.122. The fourth-order valence-electron chi connectivity index (χ4n) is 4.72. The number of nitrogens with zero attached hydrogens (tertiary/aromatic N) is 5. The summed E-state index contributed by atoms with van der Waals surface area (Å²) >= 11 is 0. The van der Waals surface area contributed by atoms with E-state index < -0.39 is 0 Å². The summed E-state index contributed by atoms with van der Waals surface area (Å²) in [6.45, 7) is 3.43. The number of hydrogen-bond donors (Lipinski definition) is 1. The zero-order valence-corrected chi connectivity index (χ0v) is 18.1. The summed E-state index contributed by atoms with van der Waals surface area (Å²) in [5.74, 6) is 1.87. The maximum Gasteiger partial charge on any atom is 0.244 e. The molecular weight excluding hydrogens is 404 g/mol. The molecule has 8 nitrogen and oxygen atoms in total. The van der Waals surface area contributed by atoms with Crippen molar-refractivity contribution < 1.29 is 9.32 Å². The van der Waals surface area contributed by atoms with Crippen molar-refractivity contribution in [3.63, 3.8) is 0 Å². The second-order valence-corrected chi connectivity index (χ2v) is 8.64. The first-order valence-electron chi connectivity index (χ1n) is 11.3. The van der Waals surface area contributed by atoms with E-state index in [-0.39, 0.29) is 17.9 Å². The van der Waals surface area contributed by atoms with Crippen molar-refractivity contribution in [1.82, 2.24) is 20.0 Å². The first-order valence-corrected chi connectivity index (χ1v) is 11.3. The lowest BCUT2D eigenvalue weighted by Crippen LogP contribution is -2.38. The number of nitrogens with two attached hydrogens (primary N) is 1. The zero-order valence-electron chi connectivity index (χ0n) is 18.1. The second kappa shape index (κ2) is 9.08. The first-order chi connectivity index (χ1) is 15.7. The third kappa shape index (κ3) is 4.36. The Bertz CT molecular complexity index is 1060. The van der Waals surface area contributed by atoms with Crippen LogP contribution in [0.3, 0.4) is 0 Å². The highest BCUT2D eigenvalue weighted by atomic mass is 16.5. The van der Waals surface area contributed by atoms with Gasteiger partial charge in [0.05, 0.1) is 6.04 Å². The molecule has 0 bridgehead atoms. The molecule has 2 N–H and O–H groups in total. The second-order valence-electron chi connectivity index (χ2n) is 8.64. The van der Waals surface area contributed by atoms with Crippen molar-refractivity contribution >= 4 is 11.7 Å². The zero-order chi connectivity index (χ0) is 21.9. The van der Waals surface area contributed by atoms with Crippen molar-refractivity contribution in [2.45, 2.75) is 38.3 Å². The molecule has 0 saturated carbocycles. The standard InChI is InChI=1S/C24H28N6O2/c25-22(31)18-9-13-29(14-10-18)21-15-19(8-11-26-21)23-27-24(32-28-23)20-7-4-12-30(20)16-17-5-2-1-3-6-17/h1-3,5-6,8,11,15,18,20H,4,7,9-10,12-14,16H2,(H2,25,31)/t20-/m0/s1. The normalized spacial score (nSPS) is 20.0. The van der Waals surface area contributed by atoms with Gasteiger partial charge in [0.2, 0.25) is 17.6 Å². The molecule has 32 heavy (non-hydrogen) atoms. The third-order valence-electron chi connectivity index (χ3n) is 6.54. The van der Waals surface area contributed by atoms with Crippen molar-refractivity contribution in [1.29, 1.82) is 0 Å². The number of piperidine rings is 1. The number of aromatic nitrogens is 3. The highest BCUT2D eigenvalue weighted by Gasteiger charge is 2.31. The van der Waals surface area contributed by atoms with E-state index in [0.717, 1.165) is 63.2 Å². The molecule has 2 aromatic heterocycles. The van der Waals surface area contributed by atoms with Gasteiger partial charge in [-0.3, -0.25) is 9.69 Å². The van der Waals surface area contributed by atoms with Gasteiger partial charge in [-0.25, -0.2) is 4.98 Å². The summed E-state index contributed by atoms with van der Waals surface area (Å²) in [6, 6.07) is 14.5. The van der Waals surface area contributed by atoms with Crippen LogP contribution in [0.15, 0.2) is 53.2 Å². The summed E-state index contributed by atoms with van der Waals surface area (Å²) in [4.78, 5) is 25.3. The summed E-state index contributed by atoms with van der Waals surface area (Å²) < 4.78 is 5.71. The highest BCUT2D eigenvalue weighted by Crippen LogP contribution is 2.33. The molecule has 1 aromatic carbocycles. The number of hydrogen-bond acceptors (Lipinski definition) is 7. The number of carbonyl (C=O) groups is 1. The number of benzene rings is 1. The summed E-state index contributed by atoms with van der Waals surface area (Å²) in [5.41, 5.74) is 7.63. The number of pyridine rings is 1. The third-order valence-corrected chi connectivity index (χ3v) is 6.54. The highest BCUT2D eigenvalue weighted by molar-refractivity contribution is 5.77. The Morgan fingerprint density at radius 2 is 1.91 bits per heavy atom. The molecule has 5 rings (SSSR count). The van der Waals surface area contributed by atoms with Crippen molar-refractivity contribution in [2.24, 2.45) is 11.7 Å². The number of carbonyl (C=O) groups excluding carboxylic acids is 1. The molecular formula is C24H28N6O2. The maximum absolute atomic E-state index is 11.4. The molecule has 2 saturated heterocycles. The van der Waals surface area contributed by atoms with E-state index in [4.69, 9.17) is 15.2 Å². The van der Waals surface area contributed by atoms with E-state index in [1.54, 1.807) is 6.20 Å². The van der Waals surface area contributed by atoms with Crippen LogP contribution in [0.4, 0.5) is 5.82 Å². The number of anilines is 1. The van der Waals surface area contributed by atoms with E-state index in [9.17, 15) is 4.79 Å². The Labute approximate surface area is 187 Å². The number of primary amides is 1. The topological polar surface area (TPSA) is 101 Å². The van der Waals surface area contributed by atoms with Gasteiger partial charge in [0, 0.05) is 37.3 Å². The monoisotopic (exact) mass is 432 g/mol. The van der Waals surface area contributed by atoms with Crippen LogP contribution >= 0.6 is 0 Å². The van der Waals surface area contributed by atoms with Gasteiger partial charge in [0.15, 0.2) is 0 Å². The van der Waals surface area contributed by atoms with Gasteiger partial charge in [-0.2, -0.15) is 4.98 Å². The average Bonchev–Trinajstić information content (AvgIpc) is 3.49. The Hall–Kier alpha value is -3.26.